The van der Waals surface area contributed by atoms with Crippen LogP contribution in [0.4, 0.5) is 40.6 Å². The quantitative estimate of drug-likeness (QED) is 0.00671. The number of pyridine rings is 1. The number of rotatable bonds is 42. The predicted molar refractivity (Wildman–Crippen MR) is 343 cm³/mol. The number of carbonyl (C=O) groups excluding carboxylic acids is 1. The van der Waals surface area contributed by atoms with Gasteiger partial charge in [0.2, 0.25) is 17.8 Å². The lowest BCUT2D eigenvalue weighted by Crippen LogP contribution is -2.40. The molecule has 0 aliphatic rings. The van der Waals surface area contributed by atoms with Crippen molar-refractivity contribution < 1.29 is 62.5 Å². The highest BCUT2D eigenvalue weighted by atomic mass is 32.2. The molecule has 0 radical (unpaired) electrons. The average molecular weight is 1330 g/mol. The van der Waals surface area contributed by atoms with Crippen LogP contribution in [0.5, 0.6) is 5.88 Å². The minimum atomic E-state index is -4.96. The van der Waals surface area contributed by atoms with Gasteiger partial charge in [0.1, 0.15) is 16.3 Å². The van der Waals surface area contributed by atoms with Gasteiger partial charge in [-0.25, -0.2) is 0 Å². The molecule has 0 aliphatic heterocycles. The molecule has 0 aliphatic carbocycles. The van der Waals surface area contributed by atoms with E-state index in [-0.39, 0.29) is 57.8 Å². The number of esters is 1. The van der Waals surface area contributed by atoms with Crippen molar-refractivity contribution in [2.75, 3.05) is 42.2 Å². The van der Waals surface area contributed by atoms with Gasteiger partial charge in [-0.05, 0) is 81.6 Å². The van der Waals surface area contributed by atoms with E-state index in [0.29, 0.717) is 26.1 Å². The zero-order valence-corrected chi connectivity index (χ0v) is 57.0. The Morgan fingerprint density at radius 3 is 1.70 bits per heavy atom. The minimum Gasteiger partial charge on any atom is -0.494 e. The zero-order valence-electron chi connectivity index (χ0n) is 51.5. The van der Waals surface area contributed by atoms with E-state index in [4.69, 9.17) is 13.7 Å². The number of nitrogens with one attached hydrogen (secondary N) is 4. The summed E-state index contributed by atoms with van der Waals surface area (Å²) in [4.78, 5) is 38.1. The second-order valence-electron chi connectivity index (χ2n) is 23.2. The van der Waals surface area contributed by atoms with Crippen molar-refractivity contribution >= 4 is 102 Å². The number of hydrogen-bond acceptors (Lipinski definition) is 21. The highest BCUT2D eigenvalue weighted by Crippen LogP contribution is 2.34. The number of anilines is 5. The third-order valence-electron chi connectivity index (χ3n) is 14.4. The summed E-state index contributed by atoms with van der Waals surface area (Å²) < 4.78 is 125. The summed E-state index contributed by atoms with van der Waals surface area (Å²) in [5.41, 5.74) is -0.881. The second-order valence-corrected chi connectivity index (χ2v) is 38.7. The number of unbranched alkanes of at least 4 members (excludes halogenated alkanes) is 15. The third-order valence-corrected chi connectivity index (χ3v) is 27.9. The lowest BCUT2D eigenvalue weighted by molar-refractivity contribution is -0.143. The second kappa shape index (κ2) is 38.2. The fourth-order valence-corrected chi connectivity index (χ4v) is 26.2. The molecule has 0 atom stereocenters. The Balaban J connectivity index is 0.00000646. The summed E-state index contributed by atoms with van der Waals surface area (Å²) in [7, 11) is -18.9. The normalized spacial score (nSPS) is 12.2. The number of nitrogens with zero attached hydrogens (tertiary/aromatic N) is 6. The maximum Gasteiger partial charge on any atom is 0.549 e. The van der Waals surface area contributed by atoms with Crippen LogP contribution in [-0.4, -0.2) is 121 Å². The molecule has 2 aromatic carbocycles. The van der Waals surface area contributed by atoms with Crippen LogP contribution < -0.4 is 26.8 Å². The number of hydrogen-bond donors (Lipinski definition) is 8. The number of benzene rings is 2. The molecular formula is C56H92N10O15S3Si3. The Morgan fingerprint density at radius 1 is 0.667 bits per heavy atom. The standard InChI is InChI=1S/C56H92N10O13S3Si2.O2Si/c1-8-10-11-12-13-14-15-16-17-18-19-20-21-22-23-24-36-79-50(67)32-35-57-33-26-37-83(4,5)42-84(6,7)38-27-34-58-54-61-55(59-44-28-25-29-46(39-44)81(73,74)75)63-56(62-54)60-45-30-31-49(82(76,77)78)48(40-45)64-65-51-43(3)47(41-80(70,71)72)52(68)66(9-2)53(51)69;1-3-2/h25,28-31,39-40,57,68H,8-24,26-27,32-38,41-42H2,1-7H3,(H,70,71,72)(H,73,74,75)(H,76,77,78)(H3,58,59,60,61,62,63);. The first-order valence-corrected chi connectivity index (χ1v) is 42.1. The number of ether oxygens (including phenoxy) is 1. The van der Waals surface area contributed by atoms with E-state index in [0.717, 1.165) is 61.0 Å². The average Bonchev–Trinajstić information content (AvgIpc) is 1.08. The van der Waals surface area contributed by atoms with Gasteiger partial charge in [-0.3, -0.25) is 36.7 Å². The van der Waals surface area contributed by atoms with E-state index >= 15 is 0 Å². The highest BCUT2D eigenvalue weighted by molar-refractivity contribution is 7.86. The molecule has 0 fully saturated rings. The zero-order chi connectivity index (χ0) is 64.7. The molecule has 4 aromatic rings. The summed E-state index contributed by atoms with van der Waals surface area (Å²) in [6, 6.07) is 10.9. The van der Waals surface area contributed by atoms with Gasteiger partial charge in [-0.1, -0.05) is 153 Å². The molecule has 2 heterocycles. The van der Waals surface area contributed by atoms with Crippen molar-refractivity contribution in [2.45, 2.75) is 209 Å². The van der Waals surface area contributed by atoms with Crippen molar-refractivity contribution in [2.24, 2.45) is 10.2 Å². The molecule has 8 N–H and O–H groups in total. The van der Waals surface area contributed by atoms with Crippen LogP contribution in [0, 0.1) is 6.92 Å². The van der Waals surface area contributed by atoms with Crippen LogP contribution in [0.2, 0.25) is 43.9 Å². The number of aromatic hydroxyl groups is 1. The molecular weight excluding hydrogens is 1230 g/mol. The highest BCUT2D eigenvalue weighted by Gasteiger charge is 2.31. The van der Waals surface area contributed by atoms with Gasteiger partial charge in [0.05, 0.1) is 17.9 Å². The molecule has 87 heavy (non-hydrogen) atoms. The minimum absolute atomic E-state index is 0.0646. The summed E-state index contributed by atoms with van der Waals surface area (Å²) in [5.74, 6) is -2.00. The summed E-state index contributed by atoms with van der Waals surface area (Å²) in [6.07, 6.45) is 23.0. The van der Waals surface area contributed by atoms with Crippen LogP contribution >= 0.6 is 0 Å². The molecule has 25 nitrogen and oxygen atoms in total. The monoisotopic (exact) mass is 1320 g/mol. The molecule has 0 amide bonds. The molecule has 0 saturated carbocycles. The summed E-state index contributed by atoms with van der Waals surface area (Å²) in [5, 5.41) is 31.1. The first kappa shape index (κ1) is 75.9. The summed E-state index contributed by atoms with van der Waals surface area (Å²) in [6.45, 7) is 16.9. The molecule has 31 heteroatoms. The SMILES string of the molecule is CCCCCCCCCCCCCCCCCCOC(=O)CCNCCC[Si](C)(C)C[Si](C)(C)CCCNc1nc(Nc2cccc(S(=O)(=O)O)c2)nc(Nc2ccc(S(=O)(=O)O)c(N=Nc3c(C)c(CS(=O)(=O)O)c(O)n(CC)c3=O)c2)n1.O=[Si]=O. The fraction of sp³-hybridized carbons (Fsp3) is 0.625. The van der Waals surface area contributed by atoms with Crippen LogP contribution in [0.25, 0.3) is 0 Å². The molecule has 0 saturated heterocycles. The van der Waals surface area contributed by atoms with E-state index in [2.05, 4.69) is 79.6 Å². The number of carbonyl (C=O) groups is 1. The molecule has 0 bridgehead atoms. The lowest BCUT2D eigenvalue weighted by Gasteiger charge is -2.32. The van der Waals surface area contributed by atoms with E-state index in [1.54, 1.807) is 0 Å². The van der Waals surface area contributed by atoms with Crippen LogP contribution in [0.15, 0.2) is 67.3 Å². The topological polar surface area (TPSA) is 377 Å². The smallest absolute Gasteiger partial charge is 0.494 e. The summed E-state index contributed by atoms with van der Waals surface area (Å²) >= 11 is 0. The van der Waals surface area contributed by atoms with Crippen molar-refractivity contribution in [1.82, 2.24) is 24.8 Å². The van der Waals surface area contributed by atoms with E-state index < -0.39 is 89.3 Å². The molecule has 4 rings (SSSR count). The van der Waals surface area contributed by atoms with E-state index in [9.17, 15) is 53.6 Å². The Hall–Kier alpha value is -5.39. The first-order chi connectivity index (χ1) is 41.0. The van der Waals surface area contributed by atoms with Crippen LogP contribution in [0.1, 0.15) is 147 Å². The first-order valence-electron chi connectivity index (χ1n) is 29.9. The maximum absolute atomic E-state index is 13.4. The van der Waals surface area contributed by atoms with Crippen molar-refractivity contribution in [3.8, 4) is 5.88 Å². The van der Waals surface area contributed by atoms with Crippen LogP contribution in [-0.2, 0) is 61.1 Å². The Kier molecular flexibility index (Phi) is 33.3. The molecule has 2 aromatic heterocycles. The van der Waals surface area contributed by atoms with Crippen molar-refractivity contribution in [3.63, 3.8) is 0 Å². The fourth-order valence-electron chi connectivity index (χ4n) is 10.3. The van der Waals surface area contributed by atoms with Gasteiger partial charge < -0.3 is 31.1 Å². The molecule has 0 unspecified atom stereocenters. The van der Waals surface area contributed by atoms with Gasteiger partial charge in [-0.15, -0.1) is 10.2 Å². The molecule has 0 spiro atoms. The van der Waals surface area contributed by atoms with Gasteiger partial charge in [0.15, 0.2) is 11.6 Å². The van der Waals surface area contributed by atoms with E-state index in [1.807, 2.05) is 0 Å². The lowest BCUT2D eigenvalue weighted by atomic mass is 10.0. The van der Waals surface area contributed by atoms with Gasteiger partial charge >= 0.3 is 15.3 Å². The predicted octanol–water partition coefficient (Wildman–Crippen LogP) is 12.2. The van der Waals surface area contributed by atoms with Gasteiger partial charge in [-0.2, -0.15) is 40.2 Å². The molecule has 486 valence electrons. The maximum atomic E-state index is 13.4. The van der Waals surface area contributed by atoms with E-state index in [1.165, 1.54) is 140 Å². The van der Waals surface area contributed by atoms with Crippen molar-refractivity contribution in [1.29, 1.82) is 0 Å². The number of aromatic nitrogens is 4. The Morgan fingerprint density at radius 2 is 1.18 bits per heavy atom. The Labute approximate surface area is 517 Å². The largest absolute Gasteiger partial charge is 0.549 e. The Bertz CT molecular complexity index is 3300. The van der Waals surface area contributed by atoms with Crippen LogP contribution in [0.3, 0.4) is 0 Å². The van der Waals surface area contributed by atoms with Crippen molar-refractivity contribution in [3.05, 3.63) is 63.9 Å². The third kappa shape index (κ3) is 30.1. The van der Waals surface area contributed by atoms with Gasteiger partial charge in [0.25, 0.3) is 35.9 Å². The number of azo groups is 1. The van der Waals surface area contributed by atoms with Gasteiger partial charge in [0, 0.05) is 52.7 Å².